The van der Waals surface area contributed by atoms with Gasteiger partial charge in [0.05, 0.1) is 7.14 Å². The van der Waals surface area contributed by atoms with Gasteiger partial charge in [0.1, 0.15) is 0 Å². The number of rotatable bonds is 2. The first kappa shape index (κ1) is 15.3. The molecule has 0 unspecified atom stereocenters. The van der Waals surface area contributed by atoms with Crippen molar-refractivity contribution in [2.45, 2.75) is 5.79 Å². The van der Waals surface area contributed by atoms with E-state index in [0.29, 0.717) is 0 Å². The zero-order valence-corrected chi connectivity index (χ0v) is 16.3. The second kappa shape index (κ2) is 5.98. The third kappa shape index (κ3) is 2.52. The molecule has 1 aliphatic heterocycles. The fraction of sp³-hybridized carbons (Fsp3) is 0.0526. The number of hydrogen-bond donors (Lipinski definition) is 0. The molecule has 114 valence electrons. The molecule has 4 rings (SSSR count). The van der Waals surface area contributed by atoms with Crippen LogP contribution in [-0.2, 0) is 5.79 Å². The number of halogens is 2. The second-order valence-electron chi connectivity index (χ2n) is 5.24. The lowest BCUT2D eigenvalue weighted by molar-refractivity contribution is -0.0465. The summed E-state index contributed by atoms with van der Waals surface area (Å²) in [7, 11) is 0. The van der Waals surface area contributed by atoms with Crippen LogP contribution in [0.5, 0.6) is 11.5 Å². The Hall–Kier alpha value is -1.28. The Labute approximate surface area is 162 Å². The van der Waals surface area contributed by atoms with Crippen molar-refractivity contribution in [3.05, 3.63) is 91.1 Å². The largest absolute Gasteiger partial charge is 0.439 e. The minimum Gasteiger partial charge on any atom is -0.439 e. The Balaban J connectivity index is 1.94. The van der Waals surface area contributed by atoms with Gasteiger partial charge in [0.15, 0.2) is 11.5 Å². The molecule has 0 N–H and O–H groups in total. The maximum atomic E-state index is 6.44. The molecule has 1 aliphatic rings. The predicted octanol–water partition coefficient (Wildman–Crippen LogP) is 5.57. The molecule has 0 radical (unpaired) electrons. The molecule has 3 aromatic rings. The molecule has 0 spiro atoms. The van der Waals surface area contributed by atoms with Crippen LogP contribution in [0, 0.1) is 7.14 Å². The van der Waals surface area contributed by atoms with E-state index in [9.17, 15) is 0 Å². The highest BCUT2D eigenvalue weighted by atomic mass is 127. The lowest BCUT2D eigenvalue weighted by atomic mass is 9.97. The van der Waals surface area contributed by atoms with Crippen LogP contribution in [0.1, 0.15) is 11.1 Å². The van der Waals surface area contributed by atoms with Crippen LogP contribution in [0.25, 0.3) is 0 Å². The average molecular weight is 526 g/mol. The van der Waals surface area contributed by atoms with Crippen molar-refractivity contribution in [1.29, 1.82) is 0 Å². The smallest absolute Gasteiger partial charge is 0.305 e. The summed E-state index contributed by atoms with van der Waals surface area (Å²) in [4.78, 5) is 0. The molecule has 1 heterocycles. The maximum Gasteiger partial charge on any atom is 0.305 e. The zero-order chi connectivity index (χ0) is 15.9. The van der Waals surface area contributed by atoms with Crippen LogP contribution >= 0.6 is 45.2 Å². The minimum atomic E-state index is -0.938. The van der Waals surface area contributed by atoms with Gasteiger partial charge in [-0.25, -0.2) is 0 Å². The summed E-state index contributed by atoms with van der Waals surface area (Å²) < 4.78 is 15.0. The number of benzene rings is 3. The predicted molar refractivity (Wildman–Crippen MR) is 107 cm³/mol. The fourth-order valence-corrected chi connectivity index (χ4v) is 3.80. The van der Waals surface area contributed by atoms with Gasteiger partial charge in [0.25, 0.3) is 0 Å². The first-order valence-corrected chi connectivity index (χ1v) is 9.33. The van der Waals surface area contributed by atoms with Crippen molar-refractivity contribution < 1.29 is 9.47 Å². The van der Waals surface area contributed by atoms with E-state index in [4.69, 9.17) is 9.47 Å². The summed E-state index contributed by atoms with van der Waals surface area (Å²) in [6.07, 6.45) is 0. The summed E-state index contributed by atoms with van der Waals surface area (Å²) >= 11 is 4.58. The molecule has 0 saturated carbocycles. The van der Waals surface area contributed by atoms with E-state index in [1.165, 1.54) is 0 Å². The molecular weight excluding hydrogens is 514 g/mol. The van der Waals surface area contributed by atoms with Crippen LogP contribution < -0.4 is 9.47 Å². The Morgan fingerprint density at radius 2 is 0.957 bits per heavy atom. The summed E-state index contributed by atoms with van der Waals surface area (Å²) in [5.74, 6) is 0.682. The molecular formula is C19H12I2O2. The summed E-state index contributed by atoms with van der Waals surface area (Å²) in [6.45, 7) is 0. The Kier molecular flexibility index (Phi) is 3.96. The maximum absolute atomic E-state index is 6.44. The van der Waals surface area contributed by atoms with Crippen LogP contribution in [0.3, 0.4) is 0 Å². The van der Waals surface area contributed by atoms with Gasteiger partial charge in [0, 0.05) is 11.1 Å². The van der Waals surface area contributed by atoms with Crippen molar-refractivity contribution in [3.63, 3.8) is 0 Å². The Morgan fingerprint density at radius 1 is 0.565 bits per heavy atom. The van der Waals surface area contributed by atoms with Crippen LogP contribution in [-0.4, -0.2) is 0 Å². The topological polar surface area (TPSA) is 18.5 Å². The summed E-state index contributed by atoms with van der Waals surface area (Å²) in [5.41, 5.74) is 1.96. The standard InChI is InChI=1S/C19H12I2O2/c20-15-11-12-16(21)18-17(15)22-19(23-18,13-7-3-1-4-8-13)14-9-5-2-6-10-14/h1-12H. The van der Waals surface area contributed by atoms with Gasteiger partial charge < -0.3 is 9.47 Å². The fourth-order valence-electron chi connectivity index (χ4n) is 2.73. The van der Waals surface area contributed by atoms with Crippen LogP contribution in [0.15, 0.2) is 72.8 Å². The molecule has 0 aliphatic carbocycles. The lowest BCUT2D eigenvalue weighted by Crippen LogP contribution is -2.36. The van der Waals surface area contributed by atoms with Crippen LogP contribution in [0.2, 0.25) is 0 Å². The van der Waals surface area contributed by atoms with E-state index < -0.39 is 5.79 Å². The van der Waals surface area contributed by atoms with Gasteiger partial charge in [-0.05, 0) is 57.3 Å². The van der Waals surface area contributed by atoms with E-state index >= 15 is 0 Å². The van der Waals surface area contributed by atoms with E-state index in [-0.39, 0.29) is 0 Å². The van der Waals surface area contributed by atoms with Gasteiger partial charge in [-0.2, -0.15) is 0 Å². The molecule has 4 heteroatoms. The number of hydrogen-bond acceptors (Lipinski definition) is 2. The van der Waals surface area contributed by atoms with Crippen molar-refractivity contribution in [2.24, 2.45) is 0 Å². The minimum absolute atomic E-state index is 0.810. The van der Waals surface area contributed by atoms with Crippen molar-refractivity contribution >= 4 is 45.2 Å². The highest BCUT2D eigenvalue weighted by Gasteiger charge is 2.46. The molecule has 2 nitrogen and oxygen atoms in total. The van der Waals surface area contributed by atoms with E-state index in [1.807, 2.05) is 60.7 Å². The Bertz CT molecular complexity index is 776. The molecule has 0 fully saturated rings. The van der Waals surface area contributed by atoms with Crippen molar-refractivity contribution in [2.75, 3.05) is 0 Å². The van der Waals surface area contributed by atoms with Gasteiger partial charge in [-0.3, -0.25) is 0 Å². The molecule has 23 heavy (non-hydrogen) atoms. The summed E-state index contributed by atoms with van der Waals surface area (Å²) in [5, 5.41) is 0. The van der Waals surface area contributed by atoms with Gasteiger partial charge in [-0.1, -0.05) is 60.7 Å². The molecule has 0 atom stereocenters. The third-order valence-electron chi connectivity index (χ3n) is 3.82. The molecule has 0 aromatic heterocycles. The second-order valence-corrected chi connectivity index (χ2v) is 7.56. The monoisotopic (exact) mass is 526 g/mol. The zero-order valence-electron chi connectivity index (χ0n) is 12.0. The SMILES string of the molecule is Ic1ccc(I)c2c1OC(c1ccccc1)(c1ccccc1)O2. The first-order chi connectivity index (χ1) is 11.2. The number of ether oxygens (including phenoxy) is 2. The van der Waals surface area contributed by atoms with Crippen molar-refractivity contribution in [3.8, 4) is 11.5 Å². The average Bonchev–Trinajstić information content (AvgIpc) is 3.03. The normalized spacial score (nSPS) is 14.7. The van der Waals surface area contributed by atoms with E-state index in [2.05, 4.69) is 57.3 Å². The molecule has 0 saturated heterocycles. The molecule has 3 aromatic carbocycles. The highest BCUT2D eigenvalue weighted by molar-refractivity contribution is 14.1. The molecule has 0 amide bonds. The third-order valence-corrected chi connectivity index (χ3v) is 5.51. The highest BCUT2D eigenvalue weighted by Crippen LogP contribution is 2.51. The van der Waals surface area contributed by atoms with E-state index in [1.54, 1.807) is 0 Å². The lowest BCUT2D eigenvalue weighted by Gasteiger charge is -2.28. The van der Waals surface area contributed by atoms with E-state index in [0.717, 1.165) is 29.8 Å². The van der Waals surface area contributed by atoms with Gasteiger partial charge in [-0.15, -0.1) is 0 Å². The van der Waals surface area contributed by atoms with Gasteiger partial charge >= 0.3 is 5.79 Å². The quantitative estimate of drug-likeness (QED) is 0.407. The Morgan fingerprint density at radius 3 is 1.35 bits per heavy atom. The molecule has 0 bridgehead atoms. The number of fused-ring (bicyclic) bond motifs is 1. The van der Waals surface area contributed by atoms with Gasteiger partial charge in [0.2, 0.25) is 0 Å². The van der Waals surface area contributed by atoms with Crippen LogP contribution in [0.4, 0.5) is 0 Å². The first-order valence-electron chi connectivity index (χ1n) is 7.18. The van der Waals surface area contributed by atoms with Crippen molar-refractivity contribution in [1.82, 2.24) is 0 Å². The summed E-state index contributed by atoms with van der Waals surface area (Å²) in [6, 6.07) is 24.3.